The number of aliphatic hydroxyl groups excluding tert-OH is 2. The Hall–Kier alpha value is -12.7. The number of para-hydroxylation sites is 2. The fourth-order valence-electron chi connectivity index (χ4n) is 11.5. The molecule has 1 fully saturated rings. The van der Waals surface area contributed by atoms with Crippen LogP contribution in [0.4, 0.5) is 5.69 Å². The number of aromatic nitrogens is 1. The Morgan fingerprint density at radius 2 is 1.08 bits per heavy atom. The Morgan fingerprint density at radius 1 is 0.544 bits per heavy atom. The number of amides is 14. The van der Waals surface area contributed by atoms with Crippen molar-refractivity contribution < 1.29 is 131 Å². The van der Waals surface area contributed by atoms with Gasteiger partial charge in [-0.3, -0.25) is 91.1 Å². The van der Waals surface area contributed by atoms with Crippen LogP contribution in [-0.4, -0.2) is 252 Å². The number of Topliss-reactive ketones (excluding diaryl/α,β-unsaturated/α-hetero) is 1. The Balaban J connectivity index is 1.87. The van der Waals surface area contributed by atoms with Gasteiger partial charge in [0.2, 0.25) is 82.7 Å². The molecule has 624 valence electrons. The van der Waals surface area contributed by atoms with Crippen molar-refractivity contribution in [2.45, 2.75) is 210 Å². The van der Waals surface area contributed by atoms with E-state index in [0.717, 1.165) is 59.8 Å². The number of carboxylic acids is 4. The van der Waals surface area contributed by atoms with Crippen LogP contribution < -0.4 is 80.6 Å². The predicted octanol–water partition coefficient (Wildman–Crippen LogP) is -5.98. The minimum Gasteiger partial charge on any atom is -0.481 e. The summed E-state index contributed by atoms with van der Waals surface area (Å²) in [4.78, 5) is 275. The number of hydrogen-bond acceptors (Lipinski definition) is 24. The van der Waals surface area contributed by atoms with Gasteiger partial charge >= 0.3 is 29.8 Å². The summed E-state index contributed by atoms with van der Waals surface area (Å²) < 4.78 is 5.65. The molecule has 0 spiro atoms. The van der Waals surface area contributed by atoms with Crippen molar-refractivity contribution in [1.82, 2.24) is 74.1 Å². The van der Waals surface area contributed by atoms with E-state index in [2.05, 4.69) is 43.8 Å². The van der Waals surface area contributed by atoms with Crippen LogP contribution in [0.15, 0.2) is 54.7 Å². The van der Waals surface area contributed by atoms with E-state index in [-0.39, 0.29) is 24.1 Å². The highest BCUT2D eigenvalue weighted by atomic mass is 16.5. The first-order chi connectivity index (χ1) is 53.7. The number of ketones is 1. The number of cyclic esters (lactones) is 1. The predicted molar refractivity (Wildman–Crippen MR) is 394 cm³/mol. The molecule has 14 atom stereocenters. The average molecular weight is 1610 g/mol. The first-order valence-electron chi connectivity index (χ1n) is 36.2. The molecule has 0 aliphatic carbocycles. The molecule has 2 aromatic carbocycles. The number of nitrogen functional groups attached to an aromatic ring is 1. The van der Waals surface area contributed by atoms with Gasteiger partial charge in [0, 0.05) is 47.6 Å². The number of carbonyl (C=O) groups excluding carboxylic acids is 16. The van der Waals surface area contributed by atoms with Crippen molar-refractivity contribution in [2.75, 3.05) is 25.4 Å². The number of carboxylic acid groups (broad SMARTS) is 4. The van der Waals surface area contributed by atoms with E-state index in [4.69, 9.17) is 16.2 Å². The summed E-state index contributed by atoms with van der Waals surface area (Å²) in [6, 6.07) is -11.3. The second-order valence-corrected chi connectivity index (χ2v) is 27.0. The number of ether oxygens (including phenoxy) is 1. The van der Waals surface area contributed by atoms with Crippen molar-refractivity contribution in [3.8, 4) is 0 Å². The molecule has 1 aliphatic rings. The topological polar surface area (TPSA) is 696 Å². The number of nitrogens with one attached hydrogen (secondary N) is 14. The van der Waals surface area contributed by atoms with Gasteiger partial charge in [-0.15, -0.1) is 0 Å². The molecule has 0 radical (unpaired) electrons. The number of esters is 1. The van der Waals surface area contributed by atoms with Gasteiger partial charge in [-0.05, 0) is 56.9 Å². The molecule has 1 saturated heterocycles. The minimum atomic E-state index is -2.49. The molecular formula is C71H98N16O27. The molecule has 4 rings (SSSR count). The molecule has 1 aromatic heterocycles. The first-order valence-corrected chi connectivity index (χ1v) is 36.2. The van der Waals surface area contributed by atoms with Gasteiger partial charge < -0.3 is 121 Å². The number of benzene rings is 2. The third-order valence-corrected chi connectivity index (χ3v) is 17.6. The Morgan fingerprint density at radius 3 is 1.68 bits per heavy atom. The van der Waals surface area contributed by atoms with Crippen molar-refractivity contribution in [3.05, 3.63) is 65.9 Å². The van der Waals surface area contributed by atoms with Crippen molar-refractivity contribution in [2.24, 2.45) is 11.7 Å². The van der Waals surface area contributed by atoms with Crippen LogP contribution in [0.5, 0.6) is 0 Å². The van der Waals surface area contributed by atoms with E-state index in [1.807, 2.05) is 37.2 Å². The standard InChI is InChI=1S/C71H98N16O27/c1-6-7-8-9-10-11-12-21-51(92)78-42(23-37-29-74-41-20-16-14-17-38(37)41)64(106)81-43(25-50(73)91)65(107)82-46(28-57(101)102)66(108)87-60-36(5)114-71(113)47(24-49(90)39-18-13-15-19-40(39)72)84-69(111)58(33(2)22-54(95)96)86-67(109)48(32-88)79-52(93)30-75-62(104)44(26-55(97)98)80-61(103)34(3)77-63(105)45(27-56(99)100)83-70(112)59(35(4)89)85-53(94)31-76-68(60)110/h13-20,29,33-36,42-48,58-60,74,88-89H,6-12,21-28,30-32,72H2,1-5H3,(H2,73,91)(H,75,104)(H,76,110)(H,77,105)(H,78,92)(H,79,93)(H,80,103)(H,81,106)(H,82,107)(H,83,112)(H,84,111)(H,85,94)(H,86,109)(H,87,108)(H,95,96)(H,97,98)(H,99,100)(H,101,102)/t33-,34+,35+,36+,42-,43-,44-,45-,46-,47-,48+,58-,59-,60-/m0/s1. The maximum Gasteiger partial charge on any atom is 0.329 e. The zero-order valence-electron chi connectivity index (χ0n) is 62.9. The number of H-pyrrole nitrogens is 1. The van der Waals surface area contributed by atoms with Crippen LogP contribution >= 0.6 is 0 Å². The van der Waals surface area contributed by atoms with Crippen LogP contribution in [0.2, 0.25) is 0 Å². The van der Waals surface area contributed by atoms with E-state index in [1.54, 1.807) is 30.5 Å². The summed E-state index contributed by atoms with van der Waals surface area (Å²) in [7, 11) is 0. The van der Waals surface area contributed by atoms with Crippen molar-refractivity contribution in [3.63, 3.8) is 0 Å². The van der Waals surface area contributed by atoms with E-state index < -0.39 is 261 Å². The normalized spacial score (nSPS) is 21.6. The fourth-order valence-corrected chi connectivity index (χ4v) is 11.5. The Labute approximate surface area is 650 Å². The van der Waals surface area contributed by atoms with Crippen LogP contribution in [0, 0.1) is 5.92 Å². The lowest BCUT2D eigenvalue weighted by molar-refractivity contribution is -0.156. The van der Waals surface area contributed by atoms with E-state index >= 15 is 0 Å². The Bertz CT molecular complexity index is 4040. The number of aromatic amines is 1. The van der Waals surface area contributed by atoms with Gasteiger partial charge in [0.05, 0.1) is 57.9 Å². The van der Waals surface area contributed by atoms with Crippen LogP contribution in [0.3, 0.4) is 0 Å². The highest BCUT2D eigenvalue weighted by Gasteiger charge is 2.41. The summed E-state index contributed by atoms with van der Waals surface area (Å²) >= 11 is 0. The van der Waals surface area contributed by atoms with Gasteiger partial charge in [0.25, 0.3) is 0 Å². The summed E-state index contributed by atoms with van der Waals surface area (Å²) in [5.41, 5.74) is 12.3. The van der Waals surface area contributed by atoms with Gasteiger partial charge in [-0.1, -0.05) is 82.7 Å². The van der Waals surface area contributed by atoms with Gasteiger partial charge in [-0.25, -0.2) is 4.79 Å². The van der Waals surface area contributed by atoms with Crippen molar-refractivity contribution >= 4 is 135 Å². The molecule has 3 aromatic rings. The highest BCUT2D eigenvalue weighted by molar-refractivity contribution is 6.05. The minimum absolute atomic E-state index is 0.0248. The SMILES string of the molecule is CCCCCCCCCC(=O)N[C@@H](Cc1c[nH]c2ccccc12)C(=O)N[C@@H](CC(N)=O)C(=O)N[C@@H](CC(=O)O)C(=O)N[C@@H]1C(=O)NCC(=O)N[C@@H]([C@@H](C)O)C(=O)N[C@@H](CC(=O)O)C(=O)N[C@H](C)C(=O)N[C@@H](CC(=O)O)C(=O)NCC(=O)N[C@H](CO)C(=O)N[C@@H]([C@@H](C)CC(=O)O)C(=O)N[C@@H](CC(=O)c2ccccc2N)C(=O)O[C@@H]1C. The molecule has 43 nitrogen and oxygen atoms in total. The lowest BCUT2D eigenvalue weighted by Crippen LogP contribution is -2.62. The third kappa shape index (κ3) is 31.2. The molecular weight excluding hydrogens is 1510 g/mol. The average Bonchev–Trinajstić information content (AvgIpc) is 1.61. The number of carbonyl (C=O) groups is 20. The zero-order chi connectivity index (χ0) is 85.2. The molecule has 2 heterocycles. The number of unbranched alkanes of at least 4 members (excludes halogenated alkanes) is 6. The molecule has 114 heavy (non-hydrogen) atoms. The van der Waals surface area contributed by atoms with Crippen LogP contribution in [0.1, 0.15) is 140 Å². The van der Waals surface area contributed by atoms with Crippen molar-refractivity contribution in [1.29, 1.82) is 0 Å². The van der Waals surface area contributed by atoms with Gasteiger partial charge in [0.1, 0.15) is 72.6 Å². The number of primary amides is 1. The first kappa shape index (κ1) is 93.7. The quantitative estimate of drug-likeness (QED) is 0.0117. The number of hydrogen-bond donors (Lipinski definition) is 22. The summed E-state index contributed by atoms with van der Waals surface area (Å²) in [5.74, 6) is -30.5. The number of aliphatic hydroxyl groups is 2. The number of anilines is 1. The third-order valence-electron chi connectivity index (χ3n) is 17.6. The fraction of sp³-hybridized carbons (Fsp3) is 0.521. The number of nitrogens with two attached hydrogens (primary N) is 2. The number of fused-ring (bicyclic) bond motifs is 1. The highest BCUT2D eigenvalue weighted by Crippen LogP contribution is 2.21. The molecule has 24 N–H and O–H groups in total. The molecule has 14 amide bonds. The molecule has 0 unspecified atom stereocenters. The monoisotopic (exact) mass is 1610 g/mol. The molecule has 43 heteroatoms. The van der Waals surface area contributed by atoms with E-state index in [0.29, 0.717) is 29.3 Å². The smallest absolute Gasteiger partial charge is 0.329 e. The summed E-state index contributed by atoms with van der Waals surface area (Å²) in [6.07, 6.45) is -4.04. The van der Waals surface area contributed by atoms with Gasteiger partial charge in [0.15, 0.2) is 5.78 Å². The molecule has 0 saturated carbocycles. The van der Waals surface area contributed by atoms with E-state index in [9.17, 15) is 127 Å². The van der Waals surface area contributed by atoms with Crippen LogP contribution in [0.25, 0.3) is 10.9 Å². The zero-order valence-corrected chi connectivity index (χ0v) is 62.9. The van der Waals surface area contributed by atoms with E-state index in [1.165, 1.54) is 24.3 Å². The summed E-state index contributed by atoms with van der Waals surface area (Å²) in [6.45, 7) is 2.00. The van der Waals surface area contributed by atoms with Gasteiger partial charge in [-0.2, -0.15) is 0 Å². The molecule has 1 aliphatic heterocycles. The van der Waals surface area contributed by atoms with Crippen LogP contribution in [-0.2, 0) is 102 Å². The number of aliphatic carboxylic acids is 4. The maximum atomic E-state index is 14.8. The maximum absolute atomic E-state index is 14.8. The largest absolute Gasteiger partial charge is 0.481 e. The second kappa shape index (κ2) is 46.2. The lowest BCUT2D eigenvalue weighted by Gasteiger charge is -2.30. The number of rotatable bonds is 33. The summed E-state index contributed by atoms with van der Waals surface area (Å²) in [5, 5.41) is 88.6. The molecule has 0 bridgehead atoms. The lowest BCUT2D eigenvalue weighted by atomic mass is 9.96. The Kier molecular flexibility index (Phi) is 38.0. The second-order valence-electron chi connectivity index (χ2n) is 27.0.